The largest absolute Gasteiger partial charge is 0.385 e. The maximum atomic E-state index is 12.0. The van der Waals surface area contributed by atoms with Crippen molar-refractivity contribution in [1.82, 2.24) is 0 Å². The molecule has 3 nitrogen and oxygen atoms in total. The van der Waals surface area contributed by atoms with E-state index in [2.05, 4.69) is 32.9 Å². The van der Waals surface area contributed by atoms with Gasteiger partial charge in [-0.15, -0.1) is 0 Å². The average molecular weight is 283 g/mol. The molecule has 1 rings (SSSR count). The van der Waals surface area contributed by atoms with Gasteiger partial charge in [0.15, 0.2) is 0 Å². The van der Waals surface area contributed by atoms with Gasteiger partial charge in [0.1, 0.15) is 0 Å². The third kappa shape index (κ3) is 5.05. The third-order valence-electron chi connectivity index (χ3n) is 3.19. The highest BCUT2D eigenvalue weighted by molar-refractivity contribution is 7.85. The van der Waals surface area contributed by atoms with Gasteiger partial charge in [-0.05, 0) is 43.9 Å². The van der Waals surface area contributed by atoms with Crippen LogP contribution in [0.4, 0.5) is 0 Å². The van der Waals surface area contributed by atoms with Crippen molar-refractivity contribution in [2.75, 3.05) is 25.2 Å². The van der Waals surface area contributed by atoms with Gasteiger partial charge >= 0.3 is 0 Å². The quantitative estimate of drug-likeness (QED) is 0.782. The minimum atomic E-state index is -0.879. The maximum Gasteiger partial charge on any atom is 0.0471 e. The molecular weight excluding hydrogens is 258 g/mol. The molecule has 0 fully saturated rings. The minimum Gasteiger partial charge on any atom is -0.385 e. The molecule has 108 valence electrons. The van der Waals surface area contributed by atoms with Crippen LogP contribution in [0.3, 0.4) is 0 Å². The van der Waals surface area contributed by atoms with E-state index in [1.165, 1.54) is 16.7 Å². The first-order chi connectivity index (χ1) is 8.95. The minimum absolute atomic E-state index is 0.149. The van der Waals surface area contributed by atoms with Crippen LogP contribution in [0.5, 0.6) is 0 Å². The van der Waals surface area contributed by atoms with Gasteiger partial charge in [0, 0.05) is 42.1 Å². The lowest BCUT2D eigenvalue weighted by Crippen LogP contribution is -2.22. The summed E-state index contributed by atoms with van der Waals surface area (Å²) in [6.07, 6.45) is 0.821. The second-order valence-corrected chi connectivity index (χ2v) is 6.70. The van der Waals surface area contributed by atoms with Crippen LogP contribution in [0.1, 0.15) is 34.7 Å². The molecular formula is C15H25NO2S. The summed E-state index contributed by atoms with van der Waals surface area (Å²) in [6, 6.07) is 4.12. The number of ether oxygens (including phenoxy) is 1. The molecule has 0 amide bonds. The summed E-state index contributed by atoms with van der Waals surface area (Å²) in [7, 11) is 0.781. The smallest absolute Gasteiger partial charge is 0.0471 e. The molecule has 4 heteroatoms. The Hall–Kier alpha value is -0.710. The van der Waals surface area contributed by atoms with Gasteiger partial charge in [0.25, 0.3) is 0 Å². The predicted molar refractivity (Wildman–Crippen MR) is 82.0 cm³/mol. The molecule has 1 aromatic carbocycles. The third-order valence-corrected chi connectivity index (χ3v) is 4.67. The van der Waals surface area contributed by atoms with Crippen LogP contribution in [0, 0.1) is 20.8 Å². The number of hydrogen-bond acceptors (Lipinski definition) is 3. The summed E-state index contributed by atoms with van der Waals surface area (Å²) >= 11 is 0. The number of methoxy groups -OCH3 is 1. The lowest BCUT2D eigenvalue weighted by Gasteiger charge is -2.18. The van der Waals surface area contributed by atoms with Crippen molar-refractivity contribution in [3.63, 3.8) is 0 Å². The van der Waals surface area contributed by atoms with Crippen LogP contribution < -0.4 is 5.73 Å². The van der Waals surface area contributed by atoms with E-state index in [-0.39, 0.29) is 6.04 Å². The van der Waals surface area contributed by atoms with E-state index < -0.39 is 10.8 Å². The van der Waals surface area contributed by atoms with Gasteiger partial charge in [-0.1, -0.05) is 17.7 Å². The Morgan fingerprint density at radius 3 is 2.37 bits per heavy atom. The van der Waals surface area contributed by atoms with E-state index in [0.717, 1.165) is 12.0 Å². The van der Waals surface area contributed by atoms with Crippen molar-refractivity contribution >= 4 is 10.8 Å². The number of benzene rings is 1. The Morgan fingerprint density at radius 2 is 1.84 bits per heavy atom. The lowest BCUT2D eigenvalue weighted by atomic mass is 9.95. The van der Waals surface area contributed by atoms with Crippen molar-refractivity contribution < 1.29 is 8.95 Å². The summed E-state index contributed by atoms with van der Waals surface area (Å²) in [5.41, 5.74) is 11.0. The van der Waals surface area contributed by atoms with E-state index in [0.29, 0.717) is 18.1 Å². The normalized spacial score (nSPS) is 14.4. The molecule has 0 spiro atoms. The van der Waals surface area contributed by atoms with E-state index in [9.17, 15) is 4.21 Å². The van der Waals surface area contributed by atoms with Crippen molar-refractivity contribution in [3.8, 4) is 0 Å². The first-order valence-corrected chi connectivity index (χ1v) is 8.11. The Bertz CT molecular complexity index is 423. The number of hydrogen-bond donors (Lipinski definition) is 1. The fourth-order valence-corrected chi connectivity index (χ4v) is 3.68. The molecule has 0 aliphatic rings. The van der Waals surface area contributed by atoms with Gasteiger partial charge in [-0.25, -0.2) is 0 Å². The van der Waals surface area contributed by atoms with Gasteiger partial charge in [0.05, 0.1) is 0 Å². The standard InChI is InChI=1S/C15H25NO2S/c1-11-8-12(2)15(13(3)9-11)14(16)10-19(17)7-5-6-18-4/h8-9,14H,5-7,10,16H2,1-4H3. The van der Waals surface area contributed by atoms with Crippen molar-refractivity contribution in [3.05, 3.63) is 34.4 Å². The monoisotopic (exact) mass is 283 g/mol. The Kier molecular flexibility index (Phi) is 6.69. The Balaban J connectivity index is 2.68. The van der Waals surface area contributed by atoms with E-state index in [1.807, 2.05) is 0 Å². The molecule has 0 aliphatic carbocycles. The Labute approximate surface area is 119 Å². The topological polar surface area (TPSA) is 52.3 Å². The van der Waals surface area contributed by atoms with Gasteiger partial charge in [0.2, 0.25) is 0 Å². The molecule has 0 saturated heterocycles. The molecule has 19 heavy (non-hydrogen) atoms. The van der Waals surface area contributed by atoms with Crippen molar-refractivity contribution in [1.29, 1.82) is 0 Å². The molecule has 2 unspecified atom stereocenters. The average Bonchev–Trinajstić information content (AvgIpc) is 2.27. The van der Waals surface area contributed by atoms with Gasteiger partial charge in [-0.3, -0.25) is 4.21 Å². The SMILES string of the molecule is COCCCS(=O)CC(N)c1c(C)cc(C)cc1C. The fraction of sp³-hybridized carbons (Fsp3) is 0.600. The van der Waals surface area contributed by atoms with Crippen molar-refractivity contribution in [2.45, 2.75) is 33.2 Å². The maximum absolute atomic E-state index is 12.0. The van der Waals surface area contributed by atoms with Crippen LogP contribution in [-0.4, -0.2) is 29.4 Å². The summed E-state index contributed by atoms with van der Waals surface area (Å²) in [6.45, 7) is 6.88. The zero-order chi connectivity index (χ0) is 14.4. The predicted octanol–water partition coefficient (Wildman–Crippen LogP) is 2.40. The molecule has 0 radical (unpaired) electrons. The van der Waals surface area contributed by atoms with Gasteiger partial charge < -0.3 is 10.5 Å². The summed E-state index contributed by atoms with van der Waals surface area (Å²) in [5, 5.41) is 0. The number of nitrogens with two attached hydrogens (primary N) is 1. The van der Waals surface area contributed by atoms with E-state index >= 15 is 0 Å². The van der Waals surface area contributed by atoms with Crippen LogP contribution in [0.2, 0.25) is 0 Å². The molecule has 2 atom stereocenters. The zero-order valence-corrected chi connectivity index (χ0v) is 13.2. The molecule has 1 aromatic rings. The molecule has 0 bridgehead atoms. The molecule has 0 saturated carbocycles. The summed E-state index contributed by atoms with van der Waals surface area (Å²) in [4.78, 5) is 0. The van der Waals surface area contributed by atoms with Crippen LogP contribution in [0.15, 0.2) is 12.1 Å². The lowest BCUT2D eigenvalue weighted by molar-refractivity contribution is 0.200. The Morgan fingerprint density at radius 1 is 1.26 bits per heavy atom. The summed E-state index contributed by atoms with van der Waals surface area (Å²) in [5.74, 6) is 1.18. The van der Waals surface area contributed by atoms with Crippen LogP contribution in [0.25, 0.3) is 0 Å². The van der Waals surface area contributed by atoms with Gasteiger partial charge in [-0.2, -0.15) is 0 Å². The first kappa shape index (κ1) is 16.3. The van der Waals surface area contributed by atoms with E-state index in [1.54, 1.807) is 7.11 Å². The van der Waals surface area contributed by atoms with Crippen molar-refractivity contribution in [2.24, 2.45) is 5.73 Å². The fourth-order valence-electron chi connectivity index (χ4n) is 2.51. The number of aryl methyl sites for hydroxylation is 3. The number of rotatable bonds is 7. The molecule has 0 aliphatic heterocycles. The molecule has 2 N–H and O–H groups in total. The highest BCUT2D eigenvalue weighted by atomic mass is 32.2. The van der Waals surface area contributed by atoms with Crippen LogP contribution >= 0.6 is 0 Å². The second-order valence-electron chi connectivity index (χ2n) is 5.08. The second kappa shape index (κ2) is 7.78. The zero-order valence-electron chi connectivity index (χ0n) is 12.4. The van der Waals surface area contributed by atoms with E-state index in [4.69, 9.17) is 10.5 Å². The molecule has 0 heterocycles. The highest BCUT2D eigenvalue weighted by Gasteiger charge is 2.15. The highest BCUT2D eigenvalue weighted by Crippen LogP contribution is 2.22. The molecule has 0 aromatic heterocycles. The first-order valence-electron chi connectivity index (χ1n) is 6.63. The van der Waals surface area contributed by atoms with Crippen LogP contribution in [-0.2, 0) is 15.5 Å². The summed E-state index contributed by atoms with van der Waals surface area (Å²) < 4.78 is 16.9.